The van der Waals surface area contributed by atoms with Crippen LogP contribution in [0.15, 0.2) is 0 Å². The molecule has 3 nitrogen and oxygen atoms in total. The van der Waals surface area contributed by atoms with Gasteiger partial charge in [0.2, 0.25) is 10.0 Å². The minimum Gasteiger partial charge on any atom is -0.212 e. The summed E-state index contributed by atoms with van der Waals surface area (Å²) >= 11 is 0. The molecule has 0 aromatic carbocycles. The van der Waals surface area contributed by atoms with E-state index < -0.39 is 10.0 Å². The highest BCUT2D eigenvalue weighted by molar-refractivity contribution is 7.90. The zero-order valence-electron chi connectivity index (χ0n) is 12.5. The highest BCUT2D eigenvalue weighted by atomic mass is 32.2. The molecule has 0 aromatic rings. The van der Waals surface area contributed by atoms with Gasteiger partial charge in [0.1, 0.15) is 0 Å². The van der Waals surface area contributed by atoms with Crippen molar-refractivity contribution in [3.63, 3.8) is 0 Å². The van der Waals surface area contributed by atoms with E-state index in [1.807, 2.05) is 0 Å². The second-order valence-electron chi connectivity index (χ2n) is 8.11. The third-order valence-electron chi connectivity index (χ3n) is 5.67. The molecule has 2 saturated carbocycles. The Morgan fingerprint density at radius 2 is 1.58 bits per heavy atom. The molecule has 2 aliphatic carbocycles. The molecule has 0 unspecified atom stereocenters. The van der Waals surface area contributed by atoms with Gasteiger partial charge in [0.25, 0.3) is 0 Å². The number of piperidine rings is 1. The van der Waals surface area contributed by atoms with E-state index in [0.717, 1.165) is 44.7 Å². The van der Waals surface area contributed by atoms with Crippen LogP contribution in [0.2, 0.25) is 0 Å². The lowest BCUT2D eigenvalue weighted by molar-refractivity contribution is -0.0453. The summed E-state index contributed by atoms with van der Waals surface area (Å²) in [6.07, 6.45) is 6.57. The standard InChI is InChI=1S/C15H27NO2S/c1-14(2,3)12-10-15(11-12)6-8-16(9-7-15)19(17,18)13-4-5-13/h12-13H,4-11H2,1-3H3. The second-order valence-corrected chi connectivity index (χ2v) is 10.3. The van der Waals surface area contributed by atoms with Crippen LogP contribution in [0.25, 0.3) is 0 Å². The van der Waals surface area contributed by atoms with Crippen LogP contribution in [0.4, 0.5) is 0 Å². The third kappa shape index (κ3) is 2.46. The first-order chi connectivity index (χ1) is 8.73. The predicted octanol–water partition coefficient (Wildman–Crippen LogP) is 3.02. The fraction of sp³-hybridized carbons (Fsp3) is 1.00. The van der Waals surface area contributed by atoms with Crippen molar-refractivity contribution in [3.05, 3.63) is 0 Å². The van der Waals surface area contributed by atoms with Gasteiger partial charge in [0.15, 0.2) is 0 Å². The van der Waals surface area contributed by atoms with Crippen molar-refractivity contribution in [2.45, 2.75) is 64.5 Å². The highest BCUT2D eigenvalue weighted by Gasteiger charge is 2.51. The molecule has 0 aromatic heterocycles. The zero-order valence-corrected chi connectivity index (χ0v) is 13.3. The molecular weight excluding hydrogens is 258 g/mol. The maximum absolute atomic E-state index is 12.2. The van der Waals surface area contributed by atoms with Gasteiger partial charge in [-0.25, -0.2) is 12.7 Å². The Balaban J connectivity index is 1.57. The average Bonchev–Trinajstić information content (AvgIpc) is 3.08. The van der Waals surface area contributed by atoms with E-state index in [-0.39, 0.29) is 5.25 Å². The molecule has 0 radical (unpaired) electrons. The fourth-order valence-electron chi connectivity index (χ4n) is 3.80. The first kappa shape index (κ1) is 13.9. The molecule has 0 bridgehead atoms. The predicted molar refractivity (Wildman–Crippen MR) is 77.4 cm³/mol. The first-order valence-electron chi connectivity index (χ1n) is 7.72. The summed E-state index contributed by atoms with van der Waals surface area (Å²) in [4.78, 5) is 0. The molecule has 3 aliphatic rings. The third-order valence-corrected chi connectivity index (χ3v) is 8.07. The molecule has 3 fully saturated rings. The van der Waals surface area contributed by atoms with E-state index in [4.69, 9.17) is 0 Å². The van der Waals surface area contributed by atoms with Crippen molar-refractivity contribution in [2.24, 2.45) is 16.7 Å². The van der Waals surface area contributed by atoms with Gasteiger partial charge >= 0.3 is 0 Å². The second kappa shape index (κ2) is 4.20. The summed E-state index contributed by atoms with van der Waals surface area (Å²) in [5, 5.41) is -0.0368. The van der Waals surface area contributed by atoms with Crippen molar-refractivity contribution >= 4 is 10.0 Å². The van der Waals surface area contributed by atoms with Gasteiger partial charge in [-0.05, 0) is 55.3 Å². The largest absolute Gasteiger partial charge is 0.216 e. The molecule has 110 valence electrons. The van der Waals surface area contributed by atoms with Gasteiger partial charge < -0.3 is 0 Å². The van der Waals surface area contributed by atoms with Crippen molar-refractivity contribution in [1.29, 1.82) is 0 Å². The summed E-state index contributed by atoms with van der Waals surface area (Å²) in [6, 6.07) is 0. The quantitative estimate of drug-likeness (QED) is 0.782. The minimum atomic E-state index is -2.93. The Morgan fingerprint density at radius 1 is 1.05 bits per heavy atom. The van der Waals surface area contributed by atoms with E-state index in [1.165, 1.54) is 12.8 Å². The van der Waals surface area contributed by atoms with Crippen LogP contribution in [0.1, 0.15) is 59.3 Å². The molecule has 19 heavy (non-hydrogen) atoms. The van der Waals surface area contributed by atoms with E-state index in [0.29, 0.717) is 10.8 Å². The summed E-state index contributed by atoms with van der Waals surface area (Å²) in [5.74, 6) is 0.832. The zero-order chi connectivity index (χ0) is 13.9. The summed E-state index contributed by atoms with van der Waals surface area (Å²) in [6.45, 7) is 8.54. The molecule has 0 amide bonds. The van der Waals surface area contributed by atoms with Gasteiger partial charge in [-0.2, -0.15) is 0 Å². The molecule has 0 N–H and O–H groups in total. The molecular formula is C15H27NO2S. The number of hydrogen-bond donors (Lipinski definition) is 0. The number of sulfonamides is 1. The first-order valence-corrected chi connectivity index (χ1v) is 9.22. The lowest BCUT2D eigenvalue weighted by atomic mass is 9.52. The smallest absolute Gasteiger partial charge is 0.212 e. The number of rotatable bonds is 2. The van der Waals surface area contributed by atoms with E-state index in [1.54, 1.807) is 4.31 Å². The highest BCUT2D eigenvalue weighted by Crippen LogP contribution is 2.58. The van der Waals surface area contributed by atoms with E-state index >= 15 is 0 Å². The fourth-order valence-corrected chi connectivity index (χ4v) is 5.64. The molecule has 4 heteroatoms. The van der Waals surface area contributed by atoms with Crippen LogP contribution in [0, 0.1) is 16.7 Å². The van der Waals surface area contributed by atoms with Gasteiger partial charge in [0, 0.05) is 13.1 Å². The van der Waals surface area contributed by atoms with Crippen molar-refractivity contribution < 1.29 is 8.42 Å². The topological polar surface area (TPSA) is 37.4 Å². The average molecular weight is 285 g/mol. The van der Waals surface area contributed by atoms with Crippen LogP contribution in [0.3, 0.4) is 0 Å². The Morgan fingerprint density at radius 3 is 2.00 bits per heavy atom. The van der Waals surface area contributed by atoms with E-state index in [2.05, 4.69) is 20.8 Å². The minimum absolute atomic E-state index is 0.0368. The van der Waals surface area contributed by atoms with Gasteiger partial charge in [-0.3, -0.25) is 0 Å². The molecule has 1 saturated heterocycles. The van der Waals surface area contributed by atoms with Crippen LogP contribution in [-0.4, -0.2) is 31.1 Å². The Labute approximate surface area is 117 Å². The van der Waals surface area contributed by atoms with E-state index in [9.17, 15) is 8.42 Å². The van der Waals surface area contributed by atoms with Crippen molar-refractivity contribution in [1.82, 2.24) is 4.31 Å². The molecule has 0 atom stereocenters. The summed E-state index contributed by atoms with van der Waals surface area (Å²) in [7, 11) is -2.93. The maximum Gasteiger partial charge on any atom is 0.216 e. The Hall–Kier alpha value is -0.0900. The van der Waals surface area contributed by atoms with Crippen molar-refractivity contribution in [3.8, 4) is 0 Å². The van der Waals surface area contributed by atoms with Crippen LogP contribution >= 0.6 is 0 Å². The van der Waals surface area contributed by atoms with Gasteiger partial charge in [-0.15, -0.1) is 0 Å². The number of nitrogens with zero attached hydrogens (tertiary/aromatic N) is 1. The van der Waals surface area contributed by atoms with Gasteiger partial charge in [-0.1, -0.05) is 20.8 Å². The molecule has 3 rings (SSSR count). The Kier molecular flexibility index (Phi) is 3.07. The maximum atomic E-state index is 12.2. The SMILES string of the molecule is CC(C)(C)C1CC2(CCN(S(=O)(=O)C3CC3)CC2)C1. The lowest BCUT2D eigenvalue weighted by Gasteiger charge is -2.56. The normalized spacial score (nSPS) is 29.4. The van der Waals surface area contributed by atoms with Crippen LogP contribution < -0.4 is 0 Å². The molecule has 1 aliphatic heterocycles. The molecule has 1 spiro atoms. The summed E-state index contributed by atoms with van der Waals surface area (Å²) in [5.41, 5.74) is 0.899. The lowest BCUT2D eigenvalue weighted by Crippen LogP contribution is -2.51. The monoisotopic (exact) mass is 285 g/mol. The summed E-state index contributed by atoms with van der Waals surface area (Å²) < 4.78 is 26.2. The molecule has 1 heterocycles. The Bertz CT molecular complexity index is 443. The van der Waals surface area contributed by atoms with Crippen LogP contribution in [0.5, 0.6) is 0 Å². The van der Waals surface area contributed by atoms with Crippen LogP contribution in [-0.2, 0) is 10.0 Å². The van der Waals surface area contributed by atoms with Gasteiger partial charge in [0.05, 0.1) is 5.25 Å². The number of hydrogen-bond acceptors (Lipinski definition) is 2. The van der Waals surface area contributed by atoms with Crippen molar-refractivity contribution in [2.75, 3.05) is 13.1 Å².